The number of rotatable bonds is 39. The summed E-state index contributed by atoms with van der Waals surface area (Å²) in [7, 11) is 0. The SMILES string of the molecule is CCCC/C=C\CCCCCCCC(=O)OC[C@H](COC(=O)CCCCCCC/C=C\CCCCC)OC(=O)CCCCCCC/C=C\CCCC. The van der Waals surface area contributed by atoms with E-state index in [0.717, 1.165) is 83.5 Å². The summed E-state index contributed by atoms with van der Waals surface area (Å²) in [6.45, 7) is 6.50. The fourth-order valence-electron chi connectivity index (χ4n) is 5.93. The highest BCUT2D eigenvalue weighted by atomic mass is 16.6. The number of carbonyl (C=O) groups is 3. The number of allylic oxidation sites excluding steroid dienone is 6. The lowest BCUT2D eigenvalue weighted by Gasteiger charge is -2.18. The molecule has 0 spiro atoms. The van der Waals surface area contributed by atoms with Gasteiger partial charge in [0.1, 0.15) is 13.2 Å². The number of carbonyl (C=O) groups excluding carboxylic acids is 3. The van der Waals surface area contributed by atoms with Crippen LogP contribution in [0.3, 0.4) is 0 Å². The van der Waals surface area contributed by atoms with Crippen molar-refractivity contribution in [2.75, 3.05) is 13.2 Å². The second-order valence-corrected chi connectivity index (χ2v) is 14.6. The molecule has 0 aliphatic rings. The fraction of sp³-hybridized carbons (Fsp3) is 0.804. The quantitative estimate of drug-likeness (QED) is 0.0271. The Balaban J connectivity index is 4.40. The number of ether oxygens (including phenoxy) is 3. The predicted octanol–water partition coefficient (Wildman–Crippen LogP) is 13.8. The molecular weight excluding hydrogens is 648 g/mol. The summed E-state index contributed by atoms with van der Waals surface area (Å²) in [5.74, 6) is -0.913. The van der Waals surface area contributed by atoms with Crippen LogP contribution in [0.4, 0.5) is 0 Å². The molecule has 0 aromatic carbocycles. The Morgan fingerprint density at radius 2 is 0.654 bits per heavy atom. The molecule has 0 bridgehead atoms. The molecule has 0 radical (unpaired) electrons. The van der Waals surface area contributed by atoms with E-state index in [4.69, 9.17) is 14.2 Å². The van der Waals surface area contributed by atoms with Crippen LogP contribution in [0.25, 0.3) is 0 Å². The van der Waals surface area contributed by atoms with Gasteiger partial charge >= 0.3 is 17.9 Å². The van der Waals surface area contributed by atoms with E-state index in [9.17, 15) is 14.4 Å². The minimum Gasteiger partial charge on any atom is -0.462 e. The van der Waals surface area contributed by atoms with Crippen molar-refractivity contribution in [3.05, 3.63) is 36.5 Å². The number of unbranched alkanes of at least 4 members (excludes halogenated alkanes) is 22. The van der Waals surface area contributed by atoms with Gasteiger partial charge in [-0.25, -0.2) is 0 Å². The molecule has 302 valence electrons. The Morgan fingerprint density at radius 3 is 1.02 bits per heavy atom. The van der Waals surface area contributed by atoms with Gasteiger partial charge in [0.25, 0.3) is 0 Å². The van der Waals surface area contributed by atoms with Gasteiger partial charge in [0.05, 0.1) is 0 Å². The van der Waals surface area contributed by atoms with Gasteiger partial charge in [0.2, 0.25) is 0 Å². The third-order valence-corrected chi connectivity index (χ3v) is 9.34. The maximum absolute atomic E-state index is 12.7. The Hall–Kier alpha value is -2.37. The molecule has 0 rings (SSSR count). The van der Waals surface area contributed by atoms with E-state index in [1.165, 1.54) is 96.3 Å². The van der Waals surface area contributed by atoms with Gasteiger partial charge in [0.15, 0.2) is 6.10 Å². The van der Waals surface area contributed by atoms with Crippen LogP contribution in [0.5, 0.6) is 0 Å². The Morgan fingerprint density at radius 1 is 0.365 bits per heavy atom. The van der Waals surface area contributed by atoms with E-state index in [0.29, 0.717) is 19.3 Å². The maximum Gasteiger partial charge on any atom is 0.306 e. The highest BCUT2D eigenvalue weighted by Crippen LogP contribution is 2.13. The molecule has 0 saturated carbocycles. The van der Waals surface area contributed by atoms with E-state index < -0.39 is 6.10 Å². The average Bonchev–Trinajstić information content (AvgIpc) is 3.14. The zero-order valence-electron chi connectivity index (χ0n) is 34.3. The third-order valence-electron chi connectivity index (χ3n) is 9.34. The van der Waals surface area contributed by atoms with Crippen molar-refractivity contribution in [1.29, 1.82) is 0 Å². The lowest BCUT2D eigenvalue weighted by atomic mass is 10.1. The smallest absolute Gasteiger partial charge is 0.306 e. The van der Waals surface area contributed by atoms with Gasteiger partial charge < -0.3 is 14.2 Å². The maximum atomic E-state index is 12.7. The normalized spacial score (nSPS) is 12.3. The van der Waals surface area contributed by atoms with Crippen LogP contribution in [-0.2, 0) is 28.6 Å². The second-order valence-electron chi connectivity index (χ2n) is 14.6. The molecule has 1 atom stereocenters. The van der Waals surface area contributed by atoms with Crippen molar-refractivity contribution < 1.29 is 28.6 Å². The summed E-state index contributed by atoms with van der Waals surface area (Å²) in [4.78, 5) is 37.6. The molecule has 0 aliphatic carbocycles. The van der Waals surface area contributed by atoms with Crippen molar-refractivity contribution in [2.45, 2.75) is 226 Å². The zero-order chi connectivity index (χ0) is 38.0. The summed E-state index contributed by atoms with van der Waals surface area (Å²) in [6, 6.07) is 0. The molecule has 0 fully saturated rings. The van der Waals surface area contributed by atoms with Crippen LogP contribution in [0.1, 0.15) is 220 Å². The molecule has 0 aliphatic heterocycles. The van der Waals surface area contributed by atoms with Gasteiger partial charge in [-0.2, -0.15) is 0 Å². The van der Waals surface area contributed by atoms with E-state index in [1.807, 2.05) is 0 Å². The lowest BCUT2D eigenvalue weighted by molar-refractivity contribution is -0.167. The highest BCUT2D eigenvalue weighted by molar-refractivity contribution is 5.71. The van der Waals surface area contributed by atoms with E-state index >= 15 is 0 Å². The molecule has 0 aromatic heterocycles. The molecule has 0 amide bonds. The van der Waals surface area contributed by atoms with Crippen LogP contribution in [0.15, 0.2) is 36.5 Å². The first kappa shape index (κ1) is 49.6. The summed E-state index contributed by atoms with van der Waals surface area (Å²) in [5, 5.41) is 0. The first-order valence-corrected chi connectivity index (χ1v) is 22.0. The lowest BCUT2D eigenvalue weighted by Crippen LogP contribution is -2.30. The molecule has 0 aromatic rings. The van der Waals surface area contributed by atoms with Gasteiger partial charge in [-0.1, -0.05) is 154 Å². The summed E-state index contributed by atoms with van der Waals surface area (Å²) >= 11 is 0. The van der Waals surface area contributed by atoms with E-state index in [2.05, 4.69) is 57.2 Å². The molecule has 52 heavy (non-hydrogen) atoms. The van der Waals surface area contributed by atoms with Crippen molar-refractivity contribution in [3.8, 4) is 0 Å². The minimum absolute atomic E-state index is 0.0822. The monoisotopic (exact) mass is 731 g/mol. The number of esters is 3. The standard InChI is InChI=1S/C46H82O6/c1-4-7-10-13-16-19-22-25-27-30-33-36-39-45(48)51-42-43(52-46(49)40-37-34-31-28-24-21-18-15-12-9-6-3)41-50-44(47)38-35-32-29-26-23-20-17-14-11-8-5-2/h14-19,43H,4-13,20-42H2,1-3H3/b17-14-,18-15-,19-16-/t43-/m1/s1. The number of hydrogen-bond donors (Lipinski definition) is 0. The Bertz CT molecular complexity index is 891. The Labute approximate surface area is 321 Å². The largest absolute Gasteiger partial charge is 0.462 e. The van der Waals surface area contributed by atoms with Crippen molar-refractivity contribution in [3.63, 3.8) is 0 Å². The molecule has 0 heterocycles. The zero-order valence-corrected chi connectivity index (χ0v) is 34.3. The van der Waals surface area contributed by atoms with Crippen LogP contribution in [0, 0.1) is 0 Å². The molecule has 0 N–H and O–H groups in total. The molecular formula is C46H82O6. The van der Waals surface area contributed by atoms with Crippen LogP contribution in [0.2, 0.25) is 0 Å². The number of hydrogen-bond acceptors (Lipinski definition) is 6. The first-order valence-electron chi connectivity index (χ1n) is 22.0. The van der Waals surface area contributed by atoms with Crippen molar-refractivity contribution in [1.82, 2.24) is 0 Å². The van der Waals surface area contributed by atoms with E-state index in [1.54, 1.807) is 0 Å². The van der Waals surface area contributed by atoms with Crippen LogP contribution in [-0.4, -0.2) is 37.2 Å². The first-order chi connectivity index (χ1) is 25.5. The second kappa shape index (κ2) is 41.4. The molecule has 0 saturated heterocycles. The van der Waals surface area contributed by atoms with Crippen LogP contribution >= 0.6 is 0 Å². The predicted molar refractivity (Wildman–Crippen MR) is 219 cm³/mol. The van der Waals surface area contributed by atoms with Crippen molar-refractivity contribution in [2.24, 2.45) is 0 Å². The molecule has 6 nitrogen and oxygen atoms in total. The fourth-order valence-corrected chi connectivity index (χ4v) is 5.93. The van der Waals surface area contributed by atoms with Gasteiger partial charge in [-0.3, -0.25) is 14.4 Å². The van der Waals surface area contributed by atoms with Crippen LogP contribution < -0.4 is 0 Å². The summed E-state index contributed by atoms with van der Waals surface area (Å²) in [6.07, 6.45) is 45.5. The topological polar surface area (TPSA) is 78.9 Å². The third kappa shape index (κ3) is 38.9. The van der Waals surface area contributed by atoms with Gasteiger partial charge in [-0.15, -0.1) is 0 Å². The minimum atomic E-state index is -0.777. The Kier molecular flexibility index (Phi) is 39.5. The summed E-state index contributed by atoms with van der Waals surface area (Å²) < 4.78 is 16.6. The molecule has 0 unspecified atom stereocenters. The van der Waals surface area contributed by atoms with Crippen molar-refractivity contribution >= 4 is 17.9 Å². The van der Waals surface area contributed by atoms with E-state index in [-0.39, 0.29) is 31.1 Å². The van der Waals surface area contributed by atoms with Gasteiger partial charge in [0, 0.05) is 19.3 Å². The van der Waals surface area contributed by atoms with Gasteiger partial charge in [-0.05, 0) is 83.5 Å². The summed E-state index contributed by atoms with van der Waals surface area (Å²) in [5.41, 5.74) is 0. The average molecular weight is 731 g/mol. The highest BCUT2D eigenvalue weighted by Gasteiger charge is 2.19. The molecule has 6 heteroatoms.